The quantitative estimate of drug-likeness (QED) is 0.873. The Labute approximate surface area is 127 Å². The summed E-state index contributed by atoms with van der Waals surface area (Å²) in [4.78, 5) is 10.5. The van der Waals surface area contributed by atoms with Crippen molar-refractivity contribution in [2.24, 2.45) is 0 Å². The molecule has 6 heteroatoms. The smallest absolute Gasteiger partial charge is 0.234 e. The first kappa shape index (κ1) is 14.7. The molecule has 0 aliphatic carbocycles. The summed E-state index contributed by atoms with van der Waals surface area (Å²) in [6, 6.07) is 2.32. The summed E-state index contributed by atoms with van der Waals surface area (Å²) in [6.07, 6.45) is 3.71. The van der Waals surface area contributed by atoms with Gasteiger partial charge in [0, 0.05) is 19.2 Å². The van der Waals surface area contributed by atoms with E-state index in [2.05, 4.69) is 9.97 Å². The van der Waals surface area contributed by atoms with Gasteiger partial charge in [0.25, 0.3) is 0 Å². The van der Waals surface area contributed by atoms with Crippen LogP contribution in [0.3, 0.4) is 0 Å². The van der Waals surface area contributed by atoms with Crippen LogP contribution in [0.1, 0.15) is 25.0 Å². The van der Waals surface area contributed by atoms with Crippen LogP contribution in [0.4, 0.5) is 14.6 Å². The Balaban J connectivity index is 1.85. The average molecular weight is 305 g/mol. The summed E-state index contributed by atoms with van der Waals surface area (Å²) < 4.78 is 32.7. The molecule has 0 spiro atoms. The van der Waals surface area contributed by atoms with Crippen LogP contribution in [0, 0.1) is 11.6 Å². The first-order chi connectivity index (χ1) is 10.5. The Morgan fingerprint density at radius 3 is 2.82 bits per heavy atom. The van der Waals surface area contributed by atoms with E-state index >= 15 is 0 Å². The van der Waals surface area contributed by atoms with Gasteiger partial charge in [0.2, 0.25) is 5.88 Å². The second-order valence-corrected chi connectivity index (χ2v) is 5.58. The zero-order valence-corrected chi connectivity index (χ0v) is 12.5. The third-order valence-electron chi connectivity index (χ3n) is 3.53. The Morgan fingerprint density at radius 2 is 2.05 bits per heavy atom. The van der Waals surface area contributed by atoms with E-state index in [0.717, 1.165) is 6.07 Å². The van der Waals surface area contributed by atoms with Crippen LogP contribution < -0.4 is 9.64 Å². The molecule has 0 N–H and O–H groups in total. The van der Waals surface area contributed by atoms with Crippen molar-refractivity contribution in [1.82, 2.24) is 9.97 Å². The summed E-state index contributed by atoms with van der Waals surface area (Å²) in [6.45, 7) is 4.84. The standard InChI is InChI=1S/C16H17F2N3O/c1-10(2)22-16-8-19-7-15(20-16)21-4-3-13-11(9-21)5-12(17)6-14(13)18/h5-8,10H,3-4,9H2,1-2H3. The molecule has 0 unspecified atom stereocenters. The molecule has 22 heavy (non-hydrogen) atoms. The SMILES string of the molecule is CC(C)Oc1cncc(N2CCc3c(F)cc(F)cc3C2)n1. The van der Waals surface area contributed by atoms with Gasteiger partial charge < -0.3 is 9.64 Å². The lowest BCUT2D eigenvalue weighted by molar-refractivity contribution is 0.231. The zero-order chi connectivity index (χ0) is 15.7. The Bertz CT molecular complexity index is 691. The van der Waals surface area contributed by atoms with Crippen LogP contribution in [-0.4, -0.2) is 22.6 Å². The number of hydrogen-bond donors (Lipinski definition) is 0. The van der Waals surface area contributed by atoms with E-state index in [-0.39, 0.29) is 6.10 Å². The minimum atomic E-state index is -0.555. The van der Waals surface area contributed by atoms with Crippen molar-refractivity contribution in [3.05, 3.63) is 47.3 Å². The summed E-state index contributed by atoms with van der Waals surface area (Å²) in [5.41, 5.74) is 1.24. The van der Waals surface area contributed by atoms with E-state index in [1.165, 1.54) is 6.07 Å². The largest absolute Gasteiger partial charge is 0.474 e. The normalized spacial score (nSPS) is 14.1. The van der Waals surface area contributed by atoms with E-state index in [1.807, 2.05) is 18.7 Å². The molecule has 0 amide bonds. The predicted molar refractivity (Wildman–Crippen MR) is 78.9 cm³/mol. The molecular formula is C16H17F2N3O. The van der Waals surface area contributed by atoms with E-state index in [0.29, 0.717) is 42.3 Å². The number of anilines is 1. The van der Waals surface area contributed by atoms with E-state index in [9.17, 15) is 8.78 Å². The summed E-state index contributed by atoms with van der Waals surface area (Å²) in [5.74, 6) is 0.0656. The second kappa shape index (κ2) is 5.87. The van der Waals surface area contributed by atoms with Gasteiger partial charge in [0.1, 0.15) is 11.6 Å². The van der Waals surface area contributed by atoms with Crippen molar-refractivity contribution >= 4 is 5.82 Å². The number of rotatable bonds is 3. The van der Waals surface area contributed by atoms with Crippen LogP contribution in [0.2, 0.25) is 0 Å². The molecule has 0 radical (unpaired) electrons. The lowest BCUT2D eigenvalue weighted by Crippen LogP contribution is -2.32. The first-order valence-electron chi connectivity index (χ1n) is 7.23. The van der Waals surface area contributed by atoms with E-state index < -0.39 is 11.6 Å². The monoisotopic (exact) mass is 305 g/mol. The van der Waals surface area contributed by atoms with Gasteiger partial charge in [0.15, 0.2) is 5.82 Å². The molecular weight excluding hydrogens is 288 g/mol. The van der Waals surface area contributed by atoms with E-state index in [4.69, 9.17) is 4.74 Å². The van der Waals surface area contributed by atoms with Gasteiger partial charge in [-0.3, -0.25) is 4.98 Å². The van der Waals surface area contributed by atoms with Gasteiger partial charge in [0.05, 0.1) is 18.5 Å². The fourth-order valence-electron chi connectivity index (χ4n) is 2.59. The molecule has 2 aromatic rings. The molecule has 1 aromatic heterocycles. The molecule has 116 valence electrons. The van der Waals surface area contributed by atoms with Gasteiger partial charge in [-0.1, -0.05) is 0 Å². The molecule has 0 fully saturated rings. The topological polar surface area (TPSA) is 38.2 Å². The lowest BCUT2D eigenvalue weighted by Gasteiger charge is -2.30. The maximum atomic E-state index is 13.8. The van der Waals surface area contributed by atoms with Crippen LogP contribution in [0.15, 0.2) is 24.5 Å². The lowest BCUT2D eigenvalue weighted by atomic mass is 9.99. The number of halogens is 2. The highest BCUT2D eigenvalue weighted by atomic mass is 19.1. The number of nitrogens with zero attached hydrogens (tertiary/aromatic N) is 3. The van der Waals surface area contributed by atoms with Crippen molar-refractivity contribution in [1.29, 1.82) is 0 Å². The van der Waals surface area contributed by atoms with Gasteiger partial charge in [-0.15, -0.1) is 0 Å². The maximum absolute atomic E-state index is 13.8. The van der Waals surface area contributed by atoms with E-state index in [1.54, 1.807) is 12.4 Å². The van der Waals surface area contributed by atoms with Crippen molar-refractivity contribution in [2.45, 2.75) is 32.9 Å². The van der Waals surface area contributed by atoms with Gasteiger partial charge in [-0.05, 0) is 37.5 Å². The molecule has 1 aliphatic rings. The minimum Gasteiger partial charge on any atom is -0.474 e. The van der Waals surface area contributed by atoms with Crippen molar-refractivity contribution in [3.63, 3.8) is 0 Å². The Morgan fingerprint density at radius 1 is 1.23 bits per heavy atom. The van der Waals surface area contributed by atoms with Gasteiger partial charge >= 0.3 is 0 Å². The van der Waals surface area contributed by atoms with Crippen LogP contribution in [0.5, 0.6) is 5.88 Å². The fraction of sp³-hybridized carbons (Fsp3) is 0.375. The third kappa shape index (κ3) is 3.00. The Hall–Kier alpha value is -2.24. The van der Waals surface area contributed by atoms with Gasteiger partial charge in [-0.2, -0.15) is 4.98 Å². The molecule has 1 aromatic carbocycles. The highest BCUT2D eigenvalue weighted by molar-refractivity contribution is 5.44. The number of aromatic nitrogens is 2. The molecule has 0 atom stereocenters. The highest BCUT2D eigenvalue weighted by Gasteiger charge is 2.21. The molecule has 3 rings (SSSR count). The summed E-state index contributed by atoms with van der Waals surface area (Å²) in [7, 11) is 0. The highest BCUT2D eigenvalue weighted by Crippen LogP contribution is 2.26. The van der Waals surface area contributed by atoms with Crippen LogP contribution >= 0.6 is 0 Å². The molecule has 1 aliphatic heterocycles. The van der Waals surface area contributed by atoms with Crippen LogP contribution in [-0.2, 0) is 13.0 Å². The second-order valence-electron chi connectivity index (χ2n) is 5.58. The number of benzene rings is 1. The predicted octanol–water partition coefficient (Wildman–Crippen LogP) is 3.10. The molecule has 2 heterocycles. The number of ether oxygens (including phenoxy) is 1. The average Bonchev–Trinajstić information content (AvgIpc) is 2.46. The third-order valence-corrected chi connectivity index (χ3v) is 3.53. The molecule has 0 saturated heterocycles. The molecule has 0 saturated carbocycles. The van der Waals surface area contributed by atoms with Gasteiger partial charge in [-0.25, -0.2) is 8.78 Å². The number of fused-ring (bicyclic) bond motifs is 1. The Kier molecular flexibility index (Phi) is 3.92. The zero-order valence-electron chi connectivity index (χ0n) is 12.5. The van der Waals surface area contributed by atoms with Crippen LogP contribution in [0.25, 0.3) is 0 Å². The molecule has 4 nitrogen and oxygen atoms in total. The summed E-state index contributed by atoms with van der Waals surface area (Å²) >= 11 is 0. The number of hydrogen-bond acceptors (Lipinski definition) is 4. The fourth-order valence-corrected chi connectivity index (χ4v) is 2.59. The molecule has 0 bridgehead atoms. The minimum absolute atomic E-state index is 0.00910. The maximum Gasteiger partial charge on any atom is 0.234 e. The van der Waals surface area contributed by atoms with Crippen molar-refractivity contribution in [3.8, 4) is 5.88 Å². The van der Waals surface area contributed by atoms with Crippen molar-refractivity contribution < 1.29 is 13.5 Å². The summed E-state index contributed by atoms with van der Waals surface area (Å²) in [5, 5.41) is 0. The van der Waals surface area contributed by atoms with Crippen molar-refractivity contribution in [2.75, 3.05) is 11.4 Å². The first-order valence-corrected chi connectivity index (χ1v) is 7.23.